The number of nitrogen functional groups attached to an aromatic ring is 1. The molecule has 2 aromatic heterocycles. The van der Waals surface area contributed by atoms with Gasteiger partial charge in [0, 0.05) is 63.0 Å². The molecule has 1 aliphatic heterocycles. The summed E-state index contributed by atoms with van der Waals surface area (Å²) in [5.41, 5.74) is 3.29. The minimum Gasteiger partial charge on any atom is -0.474 e. The number of carbonyl (C=O) groups is 1. The standard InChI is InChI=1S/C22H28F3N7O4/c1-3-21(34,22(23,24)25)18(33)31(2)14-8-15(9-14)36-17-10-16(13-11-27-19(26)28-12-13)29-20(30-17)32-4-6-35-7-5-32/h10-12,14-15,34H,3-9H2,1-2H3,(H2,26,27,28)/t14?,15?,21-/m1/s1. The number of carbonyl (C=O) groups excluding carboxylic acids is 1. The van der Waals surface area contributed by atoms with Crippen LogP contribution in [-0.4, -0.2) is 93.1 Å². The van der Waals surface area contributed by atoms with E-state index in [9.17, 15) is 23.1 Å². The average Bonchev–Trinajstić information content (AvgIpc) is 2.84. The van der Waals surface area contributed by atoms with Gasteiger partial charge in [-0.2, -0.15) is 18.2 Å². The first-order chi connectivity index (χ1) is 17.0. The first kappa shape index (κ1) is 25.8. The molecule has 14 heteroatoms. The Labute approximate surface area is 205 Å². The number of halogens is 3. The van der Waals surface area contributed by atoms with Crippen LogP contribution in [0.4, 0.5) is 25.1 Å². The van der Waals surface area contributed by atoms with Crippen molar-refractivity contribution in [3.8, 4) is 17.1 Å². The highest BCUT2D eigenvalue weighted by molar-refractivity contribution is 5.86. The Morgan fingerprint density at radius 3 is 2.47 bits per heavy atom. The molecule has 0 radical (unpaired) electrons. The lowest BCUT2D eigenvalue weighted by Crippen LogP contribution is -2.61. The monoisotopic (exact) mass is 511 g/mol. The van der Waals surface area contributed by atoms with Gasteiger partial charge in [0.1, 0.15) is 6.10 Å². The Morgan fingerprint density at radius 2 is 1.89 bits per heavy atom. The third-order valence-corrected chi connectivity index (χ3v) is 6.51. The molecule has 3 N–H and O–H groups in total. The van der Waals surface area contributed by atoms with E-state index in [0.717, 1.165) is 11.8 Å². The average molecular weight is 512 g/mol. The lowest BCUT2D eigenvalue weighted by molar-refractivity contribution is -0.258. The van der Waals surface area contributed by atoms with Crippen LogP contribution < -0.4 is 15.4 Å². The maximum atomic E-state index is 13.3. The zero-order valence-corrected chi connectivity index (χ0v) is 19.9. The van der Waals surface area contributed by atoms with Gasteiger partial charge in [0.05, 0.1) is 18.9 Å². The number of alkyl halides is 3. The van der Waals surface area contributed by atoms with Crippen molar-refractivity contribution in [2.24, 2.45) is 0 Å². The summed E-state index contributed by atoms with van der Waals surface area (Å²) in [5, 5.41) is 9.98. The SMILES string of the molecule is CC[C@@](O)(C(=O)N(C)C1CC(Oc2cc(-c3cnc(N)nc3)nc(N3CCOCC3)n2)C1)C(F)(F)F. The van der Waals surface area contributed by atoms with Crippen molar-refractivity contribution in [3.63, 3.8) is 0 Å². The fourth-order valence-corrected chi connectivity index (χ4v) is 4.05. The number of aliphatic hydroxyl groups is 1. The van der Waals surface area contributed by atoms with Crippen LogP contribution in [0.5, 0.6) is 5.88 Å². The lowest BCUT2D eigenvalue weighted by atomic mass is 9.86. The first-order valence-corrected chi connectivity index (χ1v) is 11.5. The minimum atomic E-state index is -5.06. The van der Waals surface area contributed by atoms with E-state index in [2.05, 4.69) is 19.9 Å². The highest BCUT2D eigenvalue weighted by Gasteiger charge is 2.60. The molecule has 2 aromatic rings. The van der Waals surface area contributed by atoms with Crippen molar-refractivity contribution in [1.29, 1.82) is 0 Å². The number of morpholine rings is 1. The molecule has 1 aliphatic carbocycles. The number of rotatable bonds is 7. The predicted octanol–water partition coefficient (Wildman–Crippen LogP) is 1.42. The summed E-state index contributed by atoms with van der Waals surface area (Å²) in [5.74, 6) is -0.541. The van der Waals surface area contributed by atoms with Gasteiger partial charge in [-0.05, 0) is 6.42 Å². The summed E-state index contributed by atoms with van der Waals surface area (Å²) in [7, 11) is 1.26. The van der Waals surface area contributed by atoms with E-state index in [-0.39, 0.29) is 30.8 Å². The van der Waals surface area contributed by atoms with Crippen molar-refractivity contribution >= 4 is 17.8 Å². The topological polar surface area (TPSA) is 140 Å². The summed E-state index contributed by atoms with van der Waals surface area (Å²) in [6.07, 6.45) is -2.57. The van der Waals surface area contributed by atoms with Gasteiger partial charge in [-0.3, -0.25) is 4.79 Å². The highest BCUT2D eigenvalue weighted by Crippen LogP contribution is 2.37. The van der Waals surface area contributed by atoms with Crippen LogP contribution in [0.25, 0.3) is 11.3 Å². The Bertz CT molecular complexity index is 1080. The molecule has 1 saturated heterocycles. The molecule has 0 bridgehead atoms. The zero-order chi connectivity index (χ0) is 26.1. The zero-order valence-electron chi connectivity index (χ0n) is 19.9. The minimum absolute atomic E-state index is 0.123. The highest BCUT2D eigenvalue weighted by atomic mass is 19.4. The van der Waals surface area contributed by atoms with Crippen LogP contribution in [0.1, 0.15) is 26.2 Å². The van der Waals surface area contributed by atoms with Gasteiger partial charge < -0.3 is 30.1 Å². The molecule has 0 unspecified atom stereocenters. The second kappa shape index (κ2) is 10.0. The molecule has 0 aromatic carbocycles. The number of ether oxygens (including phenoxy) is 2. The summed E-state index contributed by atoms with van der Waals surface area (Å²) in [6, 6.07) is 1.12. The van der Waals surface area contributed by atoms with Crippen LogP contribution in [0, 0.1) is 0 Å². The molecule has 11 nitrogen and oxygen atoms in total. The van der Waals surface area contributed by atoms with E-state index in [1.54, 1.807) is 6.07 Å². The number of likely N-dealkylation sites (N-methyl/N-ethyl adjacent to an activating group) is 1. The molecule has 1 atom stereocenters. The molecule has 1 saturated carbocycles. The molecule has 2 aliphatic rings. The molecule has 1 amide bonds. The van der Waals surface area contributed by atoms with Crippen LogP contribution in [0.15, 0.2) is 18.5 Å². The molecular formula is C22H28F3N7O4. The number of hydrogen-bond acceptors (Lipinski definition) is 10. The molecule has 2 fully saturated rings. The fraction of sp³-hybridized carbons (Fsp3) is 0.591. The summed E-state index contributed by atoms with van der Waals surface area (Å²) in [6.45, 7) is 3.37. The van der Waals surface area contributed by atoms with Gasteiger partial charge >= 0.3 is 6.18 Å². The number of anilines is 2. The van der Waals surface area contributed by atoms with Crippen molar-refractivity contribution < 1.29 is 32.5 Å². The van der Waals surface area contributed by atoms with Crippen LogP contribution >= 0.6 is 0 Å². The first-order valence-electron chi connectivity index (χ1n) is 11.5. The third-order valence-electron chi connectivity index (χ3n) is 6.51. The van der Waals surface area contributed by atoms with E-state index in [1.165, 1.54) is 19.4 Å². The fourth-order valence-electron chi connectivity index (χ4n) is 4.05. The van der Waals surface area contributed by atoms with Crippen LogP contribution in [0.2, 0.25) is 0 Å². The van der Waals surface area contributed by atoms with Crippen molar-refractivity contribution in [2.75, 3.05) is 44.0 Å². The third kappa shape index (κ3) is 5.14. The Morgan fingerprint density at radius 1 is 1.25 bits per heavy atom. The maximum Gasteiger partial charge on any atom is 0.426 e. The summed E-state index contributed by atoms with van der Waals surface area (Å²) >= 11 is 0. The van der Waals surface area contributed by atoms with E-state index < -0.39 is 30.1 Å². The molecular weight excluding hydrogens is 483 g/mol. The normalized spacial score (nSPS) is 21.9. The number of nitrogens with zero attached hydrogens (tertiary/aromatic N) is 6. The van der Waals surface area contributed by atoms with Crippen LogP contribution in [0.3, 0.4) is 0 Å². The summed E-state index contributed by atoms with van der Waals surface area (Å²) in [4.78, 5) is 32.5. The molecule has 36 heavy (non-hydrogen) atoms. The lowest BCUT2D eigenvalue weighted by Gasteiger charge is -2.43. The van der Waals surface area contributed by atoms with Crippen LogP contribution in [-0.2, 0) is 9.53 Å². The smallest absolute Gasteiger partial charge is 0.426 e. The Balaban J connectivity index is 1.48. The van der Waals surface area contributed by atoms with Gasteiger partial charge in [-0.25, -0.2) is 15.0 Å². The number of nitrogens with two attached hydrogens (primary N) is 1. The molecule has 196 valence electrons. The summed E-state index contributed by atoms with van der Waals surface area (Å²) < 4.78 is 51.3. The van der Waals surface area contributed by atoms with Gasteiger partial charge in [0.15, 0.2) is 0 Å². The van der Waals surface area contributed by atoms with Crippen molar-refractivity contribution in [3.05, 3.63) is 18.5 Å². The Kier molecular flexibility index (Phi) is 7.18. The van der Waals surface area contributed by atoms with E-state index in [4.69, 9.17) is 15.2 Å². The second-order valence-electron chi connectivity index (χ2n) is 8.81. The molecule has 3 heterocycles. The number of aromatic nitrogens is 4. The van der Waals surface area contributed by atoms with Gasteiger partial charge in [-0.15, -0.1) is 0 Å². The van der Waals surface area contributed by atoms with Gasteiger partial charge in [0.25, 0.3) is 5.91 Å². The maximum absolute atomic E-state index is 13.3. The Hall–Kier alpha value is -3.26. The van der Waals surface area contributed by atoms with E-state index >= 15 is 0 Å². The largest absolute Gasteiger partial charge is 0.474 e. The molecule has 4 rings (SSSR count). The second-order valence-corrected chi connectivity index (χ2v) is 8.81. The van der Waals surface area contributed by atoms with E-state index in [0.29, 0.717) is 43.5 Å². The van der Waals surface area contributed by atoms with E-state index in [1.807, 2.05) is 4.90 Å². The molecule has 0 spiro atoms. The number of hydrogen-bond donors (Lipinski definition) is 2. The number of amides is 1. The van der Waals surface area contributed by atoms with Crippen molar-refractivity contribution in [1.82, 2.24) is 24.8 Å². The van der Waals surface area contributed by atoms with Gasteiger partial charge in [0.2, 0.25) is 23.4 Å². The van der Waals surface area contributed by atoms with Crippen molar-refractivity contribution in [2.45, 2.75) is 50.1 Å². The van der Waals surface area contributed by atoms with Gasteiger partial charge in [-0.1, -0.05) is 6.92 Å². The quantitative estimate of drug-likeness (QED) is 0.561. The predicted molar refractivity (Wildman–Crippen MR) is 122 cm³/mol.